The molecule has 5 nitrogen and oxygen atoms in total. The minimum Gasteiger partial charge on any atom is -0.477 e. The van der Waals surface area contributed by atoms with E-state index in [2.05, 4.69) is 10.1 Å². The number of benzene rings is 1. The Kier molecular flexibility index (Phi) is 2.90. The summed E-state index contributed by atoms with van der Waals surface area (Å²) in [6.45, 7) is 0. The van der Waals surface area contributed by atoms with E-state index in [4.69, 9.17) is 11.6 Å². The molecule has 0 radical (unpaired) electrons. The Balaban J connectivity index is 1.92. The van der Waals surface area contributed by atoms with Crippen molar-refractivity contribution < 1.29 is 9.90 Å². The zero-order valence-electron chi connectivity index (χ0n) is 11.5. The quantitative estimate of drug-likeness (QED) is 0.802. The number of rotatable bonds is 3. The summed E-state index contributed by atoms with van der Waals surface area (Å²) >= 11 is 6.02. The van der Waals surface area contributed by atoms with Crippen molar-refractivity contribution >= 4 is 23.2 Å². The largest absolute Gasteiger partial charge is 0.477 e. The first kappa shape index (κ1) is 13.3. The van der Waals surface area contributed by atoms with Gasteiger partial charge in [-0.25, -0.2) is 14.3 Å². The van der Waals surface area contributed by atoms with E-state index in [0.717, 1.165) is 29.8 Å². The van der Waals surface area contributed by atoms with Crippen molar-refractivity contribution in [3.8, 4) is 11.3 Å². The van der Waals surface area contributed by atoms with Gasteiger partial charge in [0.05, 0.1) is 5.69 Å². The molecule has 4 rings (SSSR count). The number of carboxylic acid groups (broad SMARTS) is 1. The zero-order chi connectivity index (χ0) is 15.3. The van der Waals surface area contributed by atoms with Crippen LogP contribution in [0.15, 0.2) is 36.4 Å². The number of halogens is 1. The molecule has 1 fully saturated rings. The fraction of sp³-hybridized carbons (Fsp3) is 0.188. The van der Waals surface area contributed by atoms with Crippen LogP contribution < -0.4 is 0 Å². The van der Waals surface area contributed by atoms with E-state index in [9.17, 15) is 9.90 Å². The molecule has 1 aliphatic rings. The molecule has 0 aliphatic heterocycles. The summed E-state index contributed by atoms with van der Waals surface area (Å²) in [6.07, 6.45) is 2.12. The van der Waals surface area contributed by atoms with E-state index >= 15 is 0 Å². The molecular formula is C16H12ClN3O2. The highest BCUT2D eigenvalue weighted by Gasteiger charge is 2.28. The fourth-order valence-electron chi connectivity index (χ4n) is 2.57. The molecule has 2 heterocycles. The van der Waals surface area contributed by atoms with Crippen LogP contribution in [-0.4, -0.2) is 25.7 Å². The first-order valence-corrected chi connectivity index (χ1v) is 7.39. The van der Waals surface area contributed by atoms with E-state index in [1.54, 1.807) is 22.7 Å². The Hall–Kier alpha value is -2.40. The summed E-state index contributed by atoms with van der Waals surface area (Å²) in [5.41, 5.74) is 3.15. The first-order chi connectivity index (χ1) is 10.6. The van der Waals surface area contributed by atoms with Crippen LogP contribution in [0.2, 0.25) is 5.02 Å². The standard InChI is InChI=1S/C16H12ClN3O2/c17-11-3-1-2-10(6-11)12-8-15-18-13(16(21)22)7-14(9-4-5-9)20(15)19-12/h1-3,6-9H,4-5H2,(H,21,22). The highest BCUT2D eigenvalue weighted by molar-refractivity contribution is 6.30. The second-order valence-corrected chi connectivity index (χ2v) is 5.89. The third-order valence-electron chi connectivity index (χ3n) is 3.79. The van der Waals surface area contributed by atoms with Crippen LogP contribution in [-0.2, 0) is 0 Å². The number of carboxylic acids is 1. The van der Waals surface area contributed by atoms with Crippen molar-refractivity contribution in [3.05, 3.63) is 52.8 Å². The van der Waals surface area contributed by atoms with Gasteiger partial charge in [-0.05, 0) is 31.0 Å². The minimum atomic E-state index is -1.02. The lowest BCUT2D eigenvalue weighted by Gasteiger charge is -2.04. The maximum Gasteiger partial charge on any atom is 0.354 e. The Morgan fingerprint density at radius 1 is 1.27 bits per heavy atom. The third-order valence-corrected chi connectivity index (χ3v) is 4.02. The Morgan fingerprint density at radius 3 is 2.77 bits per heavy atom. The van der Waals surface area contributed by atoms with Gasteiger partial charge in [-0.1, -0.05) is 23.7 Å². The van der Waals surface area contributed by atoms with Gasteiger partial charge >= 0.3 is 5.97 Å². The van der Waals surface area contributed by atoms with Crippen LogP contribution in [0, 0.1) is 0 Å². The molecule has 0 unspecified atom stereocenters. The Morgan fingerprint density at radius 2 is 2.09 bits per heavy atom. The highest BCUT2D eigenvalue weighted by Crippen LogP contribution is 2.40. The first-order valence-electron chi connectivity index (χ1n) is 7.02. The summed E-state index contributed by atoms with van der Waals surface area (Å²) in [5, 5.41) is 14.4. The van der Waals surface area contributed by atoms with Gasteiger partial charge in [0.25, 0.3) is 0 Å². The smallest absolute Gasteiger partial charge is 0.354 e. The zero-order valence-corrected chi connectivity index (χ0v) is 12.3. The van der Waals surface area contributed by atoms with E-state index in [0.29, 0.717) is 16.6 Å². The van der Waals surface area contributed by atoms with Crippen molar-refractivity contribution in [1.29, 1.82) is 0 Å². The monoisotopic (exact) mass is 313 g/mol. The normalized spacial score (nSPS) is 14.4. The van der Waals surface area contributed by atoms with Crippen molar-refractivity contribution in [3.63, 3.8) is 0 Å². The van der Waals surface area contributed by atoms with E-state index in [1.165, 1.54) is 0 Å². The van der Waals surface area contributed by atoms with E-state index in [-0.39, 0.29) is 5.69 Å². The van der Waals surface area contributed by atoms with E-state index in [1.807, 2.05) is 18.2 Å². The van der Waals surface area contributed by atoms with Crippen molar-refractivity contribution in [2.24, 2.45) is 0 Å². The lowest BCUT2D eigenvalue weighted by molar-refractivity contribution is 0.0690. The summed E-state index contributed by atoms with van der Waals surface area (Å²) < 4.78 is 1.75. The lowest BCUT2D eigenvalue weighted by atomic mass is 10.1. The third kappa shape index (κ3) is 2.23. The van der Waals surface area contributed by atoms with Gasteiger partial charge in [-0.2, -0.15) is 5.10 Å². The summed E-state index contributed by atoms with van der Waals surface area (Å²) in [6, 6.07) is 10.8. The average molecular weight is 314 g/mol. The number of aromatic carboxylic acids is 1. The molecule has 0 atom stereocenters. The number of nitrogens with zero attached hydrogens (tertiary/aromatic N) is 3. The summed E-state index contributed by atoms with van der Waals surface area (Å²) in [4.78, 5) is 15.4. The van der Waals surface area contributed by atoms with Crippen LogP contribution in [0.5, 0.6) is 0 Å². The Bertz CT molecular complexity index is 900. The van der Waals surface area contributed by atoms with Gasteiger partial charge < -0.3 is 5.11 Å². The lowest BCUT2D eigenvalue weighted by Crippen LogP contribution is -2.06. The number of aromatic nitrogens is 3. The minimum absolute atomic E-state index is 0.0620. The predicted octanol–water partition coefficient (Wildman–Crippen LogP) is 3.63. The van der Waals surface area contributed by atoms with Crippen LogP contribution in [0.3, 0.4) is 0 Å². The van der Waals surface area contributed by atoms with Gasteiger partial charge in [-0.15, -0.1) is 0 Å². The molecular weight excluding hydrogens is 302 g/mol. The molecule has 6 heteroatoms. The molecule has 1 aromatic carbocycles. The van der Waals surface area contributed by atoms with Crippen molar-refractivity contribution in [2.75, 3.05) is 0 Å². The molecule has 0 saturated heterocycles. The number of hydrogen-bond donors (Lipinski definition) is 1. The molecule has 22 heavy (non-hydrogen) atoms. The molecule has 1 saturated carbocycles. The van der Waals surface area contributed by atoms with Gasteiger partial charge in [0, 0.05) is 28.3 Å². The van der Waals surface area contributed by atoms with Crippen LogP contribution in [0.1, 0.15) is 34.9 Å². The Labute approximate surface area is 131 Å². The van der Waals surface area contributed by atoms with Gasteiger partial charge in [0.15, 0.2) is 11.3 Å². The van der Waals surface area contributed by atoms with Gasteiger partial charge in [0.1, 0.15) is 0 Å². The van der Waals surface area contributed by atoms with Crippen LogP contribution in [0.25, 0.3) is 16.9 Å². The molecule has 0 amide bonds. The van der Waals surface area contributed by atoms with E-state index < -0.39 is 5.97 Å². The number of hydrogen-bond acceptors (Lipinski definition) is 3. The second kappa shape index (κ2) is 4.81. The summed E-state index contributed by atoms with van der Waals surface area (Å²) in [5.74, 6) is -0.648. The maximum absolute atomic E-state index is 11.3. The van der Waals surface area contributed by atoms with Gasteiger partial charge in [-0.3, -0.25) is 0 Å². The summed E-state index contributed by atoms with van der Waals surface area (Å²) in [7, 11) is 0. The fourth-order valence-corrected chi connectivity index (χ4v) is 2.76. The SMILES string of the molecule is O=C(O)c1cc(C2CC2)n2nc(-c3cccc(Cl)c3)cc2n1. The molecule has 3 aromatic rings. The highest BCUT2D eigenvalue weighted by atomic mass is 35.5. The predicted molar refractivity (Wildman–Crippen MR) is 82.4 cm³/mol. The average Bonchev–Trinajstić information content (AvgIpc) is 3.24. The molecule has 110 valence electrons. The van der Waals surface area contributed by atoms with Crippen molar-refractivity contribution in [2.45, 2.75) is 18.8 Å². The topological polar surface area (TPSA) is 67.5 Å². The maximum atomic E-state index is 11.3. The molecule has 1 N–H and O–H groups in total. The van der Waals surface area contributed by atoms with Gasteiger partial charge in [0.2, 0.25) is 0 Å². The molecule has 2 aromatic heterocycles. The second-order valence-electron chi connectivity index (χ2n) is 5.46. The molecule has 0 bridgehead atoms. The molecule has 0 spiro atoms. The van der Waals surface area contributed by atoms with Crippen LogP contribution in [0.4, 0.5) is 0 Å². The van der Waals surface area contributed by atoms with Crippen LogP contribution >= 0.6 is 11.6 Å². The number of fused-ring (bicyclic) bond motifs is 1. The van der Waals surface area contributed by atoms with Crippen molar-refractivity contribution in [1.82, 2.24) is 14.6 Å². The molecule has 1 aliphatic carbocycles. The number of carbonyl (C=O) groups is 1.